The summed E-state index contributed by atoms with van der Waals surface area (Å²) in [6.07, 6.45) is 8.07. The number of carbonyl (C=O) groups is 5. The fraction of sp³-hybridized carbons (Fsp3) is 0.400. The summed E-state index contributed by atoms with van der Waals surface area (Å²) in [4.78, 5) is 68.4. The minimum absolute atomic E-state index is 0.0151. The van der Waals surface area contributed by atoms with Gasteiger partial charge in [0.1, 0.15) is 11.7 Å². The molecular formula is C35H36ClF2N7O5S. The second-order valence-corrected chi connectivity index (χ2v) is 13.9. The molecule has 1 unspecified atom stereocenters. The lowest BCUT2D eigenvalue weighted by Crippen LogP contribution is -2.54. The maximum Gasteiger partial charge on any atom is 0.364 e. The predicted octanol–water partition coefficient (Wildman–Crippen LogP) is 6.11. The highest BCUT2D eigenvalue weighted by molar-refractivity contribution is 7.13. The van der Waals surface area contributed by atoms with Gasteiger partial charge in [-0.05, 0) is 66.6 Å². The average molecular weight is 740 g/mol. The fourth-order valence-corrected chi connectivity index (χ4v) is 7.08. The van der Waals surface area contributed by atoms with Gasteiger partial charge in [0.15, 0.2) is 11.3 Å². The van der Waals surface area contributed by atoms with Crippen LogP contribution in [0.5, 0.6) is 0 Å². The first-order valence-corrected chi connectivity index (χ1v) is 18.2. The normalized spacial score (nSPS) is 16.1. The molecule has 1 aromatic carbocycles. The number of fused-ring (bicyclic) bond motifs is 2. The van der Waals surface area contributed by atoms with Gasteiger partial charge in [-0.1, -0.05) is 44.6 Å². The maximum atomic E-state index is 14.2. The largest absolute Gasteiger partial charge is 0.385 e. The number of hydrogen-bond acceptors (Lipinski definition) is 9. The van der Waals surface area contributed by atoms with Crippen LogP contribution in [0.4, 0.5) is 14.5 Å². The molecule has 0 bridgehead atoms. The molecule has 6 rings (SSSR count). The van der Waals surface area contributed by atoms with Crippen LogP contribution < -0.4 is 16.0 Å². The van der Waals surface area contributed by atoms with Crippen molar-refractivity contribution >= 4 is 63.8 Å². The second-order valence-electron chi connectivity index (χ2n) is 12.5. The predicted molar refractivity (Wildman–Crippen MR) is 187 cm³/mol. The molecule has 3 N–H and O–H groups in total. The van der Waals surface area contributed by atoms with Crippen molar-refractivity contribution in [2.24, 2.45) is 0 Å². The van der Waals surface area contributed by atoms with E-state index in [9.17, 15) is 32.8 Å². The highest BCUT2D eigenvalue weighted by Gasteiger charge is 2.44. The Morgan fingerprint density at radius 1 is 0.941 bits per heavy atom. The zero-order chi connectivity index (χ0) is 36.1. The molecular weight excluding hydrogens is 704 g/mol. The topological polar surface area (TPSA) is 155 Å². The van der Waals surface area contributed by atoms with Crippen LogP contribution in [0.15, 0.2) is 47.8 Å². The number of unbranched alkanes of at least 4 members (excludes halogenated alkanes) is 7. The van der Waals surface area contributed by atoms with Crippen LogP contribution in [0.2, 0.25) is 0 Å². The Balaban J connectivity index is 0.852. The third kappa shape index (κ3) is 8.25. The molecule has 5 amide bonds. The molecule has 1 atom stereocenters. The fourth-order valence-electron chi connectivity index (χ4n) is 6.25. The van der Waals surface area contributed by atoms with Gasteiger partial charge in [0.2, 0.25) is 11.8 Å². The van der Waals surface area contributed by atoms with E-state index in [2.05, 4.69) is 26.0 Å². The van der Waals surface area contributed by atoms with E-state index >= 15 is 0 Å². The lowest BCUT2D eigenvalue weighted by molar-refractivity contribution is -0.136. The number of nitrogens with one attached hydrogen (secondary N) is 3. The number of nitrogens with zero attached hydrogens (tertiary/aromatic N) is 4. The van der Waals surface area contributed by atoms with Gasteiger partial charge in [-0.25, -0.2) is 9.50 Å². The van der Waals surface area contributed by atoms with Crippen molar-refractivity contribution in [1.82, 2.24) is 30.1 Å². The van der Waals surface area contributed by atoms with Gasteiger partial charge < -0.3 is 10.6 Å². The molecule has 3 aromatic heterocycles. The Bertz CT molecular complexity index is 1960. The van der Waals surface area contributed by atoms with Crippen molar-refractivity contribution in [3.63, 3.8) is 0 Å². The van der Waals surface area contributed by atoms with E-state index in [1.165, 1.54) is 23.5 Å². The summed E-state index contributed by atoms with van der Waals surface area (Å²) >= 11 is 6.72. The summed E-state index contributed by atoms with van der Waals surface area (Å²) in [5.41, 5.74) is 1.07. The van der Waals surface area contributed by atoms with Gasteiger partial charge in [-0.2, -0.15) is 13.9 Å². The second kappa shape index (κ2) is 15.6. The Hall–Kier alpha value is -4.76. The van der Waals surface area contributed by atoms with Crippen LogP contribution in [-0.4, -0.2) is 68.2 Å². The molecule has 12 nitrogen and oxygen atoms in total. The van der Waals surface area contributed by atoms with Crippen molar-refractivity contribution in [2.45, 2.75) is 75.6 Å². The summed E-state index contributed by atoms with van der Waals surface area (Å²) in [5.74, 6) is -2.56. The van der Waals surface area contributed by atoms with Gasteiger partial charge in [-0.15, -0.1) is 11.3 Å². The molecule has 0 spiro atoms. The van der Waals surface area contributed by atoms with E-state index in [0.717, 1.165) is 66.5 Å². The highest BCUT2D eigenvalue weighted by Crippen LogP contribution is 2.35. The Kier molecular flexibility index (Phi) is 11.1. The summed E-state index contributed by atoms with van der Waals surface area (Å²) in [7, 11) is 0. The lowest BCUT2D eigenvalue weighted by atomic mass is 10.0. The number of piperidine rings is 1. The first kappa shape index (κ1) is 36.0. The quantitative estimate of drug-likeness (QED) is 0.0707. The van der Waals surface area contributed by atoms with E-state index in [-0.39, 0.29) is 35.3 Å². The molecule has 51 heavy (non-hydrogen) atoms. The Labute approximate surface area is 300 Å². The number of benzene rings is 1. The van der Waals surface area contributed by atoms with Gasteiger partial charge >= 0.3 is 5.38 Å². The van der Waals surface area contributed by atoms with Crippen LogP contribution >= 0.6 is 22.9 Å². The van der Waals surface area contributed by atoms with Crippen molar-refractivity contribution < 1.29 is 32.8 Å². The third-order valence-corrected chi connectivity index (χ3v) is 9.97. The number of rotatable bonds is 16. The third-order valence-electron chi connectivity index (χ3n) is 8.88. The van der Waals surface area contributed by atoms with Gasteiger partial charge in [0.05, 0.1) is 21.7 Å². The van der Waals surface area contributed by atoms with E-state index in [1.54, 1.807) is 30.3 Å². The molecule has 0 aliphatic carbocycles. The van der Waals surface area contributed by atoms with Crippen molar-refractivity contribution in [3.05, 3.63) is 70.4 Å². The van der Waals surface area contributed by atoms with E-state index < -0.39 is 46.7 Å². The van der Waals surface area contributed by atoms with Crippen molar-refractivity contribution in [3.8, 4) is 10.6 Å². The minimum Gasteiger partial charge on any atom is -0.385 e. The van der Waals surface area contributed by atoms with Gasteiger partial charge in [0.25, 0.3) is 17.7 Å². The lowest BCUT2D eigenvalue weighted by Gasteiger charge is -2.27. The molecule has 4 aromatic rings. The van der Waals surface area contributed by atoms with Gasteiger partial charge in [-0.3, -0.25) is 34.2 Å². The van der Waals surface area contributed by atoms with Crippen molar-refractivity contribution in [2.75, 3.05) is 18.4 Å². The minimum atomic E-state index is -3.70. The van der Waals surface area contributed by atoms with E-state index in [4.69, 9.17) is 11.6 Å². The highest BCUT2D eigenvalue weighted by atomic mass is 35.5. The summed E-state index contributed by atoms with van der Waals surface area (Å²) in [5, 5.41) is 10.5. The molecule has 0 saturated carbocycles. The standard InChI is InChI=1S/C35H36ClF2N7O5S/c36-35(37,38)28-19-24(27-10-9-17-51-27)41-29-20-25(43-45(28)29)31(47)40-16-8-6-4-2-1-3-5-7-15-39-21-11-12-22-23(18-21)34(50)44(33(22)49)26-13-14-30(46)42-32(26)48/h9-12,17-20,26,39H,1-8,13-16H2,(H,40,47)(H,42,46,48). The Morgan fingerprint density at radius 2 is 1.65 bits per heavy atom. The number of amides is 5. The molecule has 1 saturated heterocycles. The zero-order valence-corrected chi connectivity index (χ0v) is 29.1. The number of anilines is 1. The van der Waals surface area contributed by atoms with Crippen LogP contribution in [0.1, 0.15) is 101 Å². The molecule has 0 radical (unpaired) electrons. The number of aromatic nitrogens is 3. The monoisotopic (exact) mass is 739 g/mol. The number of alkyl halides is 3. The maximum absolute atomic E-state index is 14.2. The number of halogens is 3. The SMILES string of the molecule is O=C1CCC(N2C(=O)c3ccc(NCCCCCCCCCCNC(=O)c4cc5nc(-c6cccs6)cc(C(F)(F)Cl)n5n4)cc3C2=O)C(=O)N1. The number of hydrogen-bond donors (Lipinski definition) is 3. The summed E-state index contributed by atoms with van der Waals surface area (Å²) in [6.45, 7) is 1.13. The molecule has 1 fully saturated rings. The summed E-state index contributed by atoms with van der Waals surface area (Å²) < 4.78 is 29.3. The molecule has 2 aliphatic heterocycles. The number of imide groups is 2. The van der Waals surface area contributed by atoms with E-state index in [0.29, 0.717) is 23.7 Å². The van der Waals surface area contributed by atoms with Crippen LogP contribution in [-0.2, 0) is 15.0 Å². The van der Waals surface area contributed by atoms with Gasteiger partial charge in [0, 0.05) is 31.3 Å². The average Bonchev–Trinajstić information content (AvgIpc) is 3.84. The first-order chi connectivity index (χ1) is 24.5. The zero-order valence-electron chi connectivity index (χ0n) is 27.6. The number of carbonyl (C=O) groups excluding carboxylic acids is 5. The van der Waals surface area contributed by atoms with Crippen LogP contribution in [0.25, 0.3) is 16.2 Å². The summed E-state index contributed by atoms with van der Waals surface area (Å²) in [6, 6.07) is 10.1. The Morgan fingerprint density at radius 3 is 2.33 bits per heavy atom. The molecule has 5 heterocycles. The van der Waals surface area contributed by atoms with E-state index in [1.807, 2.05) is 5.38 Å². The molecule has 2 aliphatic rings. The first-order valence-electron chi connectivity index (χ1n) is 16.9. The van der Waals surface area contributed by atoms with Crippen LogP contribution in [0.3, 0.4) is 0 Å². The van der Waals surface area contributed by atoms with Crippen molar-refractivity contribution in [1.29, 1.82) is 0 Å². The molecule has 16 heteroatoms. The van der Waals surface area contributed by atoms with Crippen LogP contribution in [0, 0.1) is 0 Å². The number of thiophene rings is 1. The molecule has 268 valence electrons. The smallest absolute Gasteiger partial charge is 0.364 e.